The minimum Gasteiger partial charge on any atom is -0.381 e. The van der Waals surface area contributed by atoms with Gasteiger partial charge in [0, 0.05) is 11.7 Å². The molecule has 3 aromatic rings. The molecular formula is C16H17BrN4O2S. The number of ether oxygens (including phenoxy) is 1. The van der Waals surface area contributed by atoms with Crippen molar-refractivity contribution in [1.29, 1.82) is 0 Å². The number of carbonyl (C=O) groups excluding carboxylic acids is 1. The molecule has 6 nitrogen and oxygen atoms in total. The second-order valence-corrected chi connectivity index (χ2v) is 8.37. The van der Waals surface area contributed by atoms with E-state index in [2.05, 4.69) is 31.3 Å². The van der Waals surface area contributed by atoms with E-state index in [1.807, 2.05) is 46.0 Å². The number of nitrogens with one attached hydrogen (secondary N) is 1. The summed E-state index contributed by atoms with van der Waals surface area (Å²) >= 11 is 4.73. The van der Waals surface area contributed by atoms with E-state index in [9.17, 15) is 4.79 Å². The van der Waals surface area contributed by atoms with Gasteiger partial charge in [0.2, 0.25) is 0 Å². The van der Waals surface area contributed by atoms with Crippen LogP contribution in [0.1, 0.15) is 26.3 Å². The molecule has 0 bridgehead atoms. The number of aryl methyl sites for hydroxylation is 1. The third-order valence-corrected chi connectivity index (χ3v) is 4.41. The number of aromatic nitrogens is 3. The van der Waals surface area contributed by atoms with Crippen molar-refractivity contribution >= 4 is 43.6 Å². The predicted octanol–water partition coefficient (Wildman–Crippen LogP) is 4.44. The first-order valence-electron chi connectivity index (χ1n) is 7.33. The van der Waals surface area contributed by atoms with Crippen LogP contribution in [0.25, 0.3) is 15.9 Å². The molecule has 1 aromatic carbocycles. The Balaban J connectivity index is 1.91. The summed E-state index contributed by atoms with van der Waals surface area (Å²) in [7, 11) is 0. The SMILES string of the molecule is Cc1cc(-n2cc(Br)cn2)cc2sc(OC(=O)NC(C)(C)C)nc12. The fourth-order valence-electron chi connectivity index (χ4n) is 2.19. The maximum atomic E-state index is 11.9. The molecule has 0 unspecified atom stereocenters. The lowest BCUT2D eigenvalue weighted by molar-refractivity contribution is 0.190. The summed E-state index contributed by atoms with van der Waals surface area (Å²) in [6.07, 6.45) is 3.11. The average Bonchev–Trinajstić information content (AvgIpc) is 3.02. The number of halogens is 1. The Labute approximate surface area is 152 Å². The molecule has 0 fully saturated rings. The largest absolute Gasteiger partial charge is 0.414 e. The fraction of sp³-hybridized carbons (Fsp3) is 0.312. The number of benzene rings is 1. The summed E-state index contributed by atoms with van der Waals surface area (Å²) in [6.45, 7) is 7.66. The van der Waals surface area contributed by atoms with Gasteiger partial charge in [0.1, 0.15) is 0 Å². The molecule has 0 aliphatic carbocycles. The van der Waals surface area contributed by atoms with Gasteiger partial charge in [-0.1, -0.05) is 11.3 Å². The molecule has 8 heteroatoms. The maximum absolute atomic E-state index is 11.9. The third kappa shape index (κ3) is 3.76. The zero-order valence-electron chi connectivity index (χ0n) is 13.8. The van der Waals surface area contributed by atoms with E-state index in [0.717, 1.165) is 25.9 Å². The van der Waals surface area contributed by atoms with Crippen LogP contribution in [0.3, 0.4) is 0 Å². The maximum Gasteiger partial charge on any atom is 0.414 e. The zero-order chi connectivity index (χ0) is 17.5. The molecule has 0 aliphatic heterocycles. The standard InChI is InChI=1S/C16H17BrN4O2S/c1-9-5-11(21-8-10(17)7-18-21)6-12-13(9)19-15(24-12)23-14(22)20-16(2,3)4/h5-8H,1-4H3,(H,20,22). The van der Waals surface area contributed by atoms with Crippen LogP contribution < -0.4 is 10.1 Å². The molecule has 2 heterocycles. The van der Waals surface area contributed by atoms with Crippen LogP contribution in [0.2, 0.25) is 0 Å². The Kier molecular flexibility index (Phi) is 4.35. The number of thiazole rings is 1. The van der Waals surface area contributed by atoms with E-state index < -0.39 is 6.09 Å². The first-order valence-corrected chi connectivity index (χ1v) is 8.94. The fourth-order valence-corrected chi connectivity index (χ4v) is 3.40. The van der Waals surface area contributed by atoms with Crippen LogP contribution in [0.15, 0.2) is 29.0 Å². The molecule has 2 aromatic heterocycles. The van der Waals surface area contributed by atoms with Crippen LogP contribution in [-0.2, 0) is 0 Å². The summed E-state index contributed by atoms with van der Waals surface area (Å²) < 4.78 is 8.94. The van der Waals surface area contributed by atoms with Crippen LogP contribution in [0.4, 0.5) is 4.79 Å². The minimum absolute atomic E-state index is 0.327. The second-order valence-electron chi connectivity index (χ2n) is 6.46. The summed E-state index contributed by atoms with van der Waals surface area (Å²) in [5, 5.41) is 7.37. The van der Waals surface area contributed by atoms with Crippen LogP contribution in [-0.4, -0.2) is 26.4 Å². The summed E-state index contributed by atoms with van der Waals surface area (Å²) in [5.74, 6) is 0. The molecular weight excluding hydrogens is 392 g/mol. The number of hydrogen-bond acceptors (Lipinski definition) is 5. The molecule has 1 N–H and O–H groups in total. The molecule has 24 heavy (non-hydrogen) atoms. The van der Waals surface area contributed by atoms with Crippen LogP contribution in [0.5, 0.6) is 5.19 Å². The van der Waals surface area contributed by atoms with Gasteiger partial charge in [0.05, 0.1) is 26.6 Å². The quantitative estimate of drug-likeness (QED) is 0.680. The Morgan fingerprint density at radius 3 is 2.75 bits per heavy atom. The second kappa shape index (κ2) is 6.18. The number of hydrogen-bond donors (Lipinski definition) is 1. The van der Waals surface area contributed by atoms with Crippen molar-refractivity contribution in [2.75, 3.05) is 0 Å². The zero-order valence-corrected chi connectivity index (χ0v) is 16.2. The molecule has 0 saturated carbocycles. The van der Waals surface area contributed by atoms with Gasteiger partial charge in [-0.2, -0.15) is 5.10 Å². The number of amides is 1. The Morgan fingerprint density at radius 1 is 1.38 bits per heavy atom. The lowest BCUT2D eigenvalue weighted by Crippen LogP contribution is -2.42. The monoisotopic (exact) mass is 408 g/mol. The van der Waals surface area contributed by atoms with Gasteiger partial charge in [-0.3, -0.25) is 0 Å². The number of nitrogens with zero attached hydrogens (tertiary/aromatic N) is 3. The molecule has 0 aliphatic rings. The Hall–Kier alpha value is -1.93. The van der Waals surface area contributed by atoms with Gasteiger partial charge in [-0.25, -0.2) is 14.5 Å². The first kappa shape index (κ1) is 16.9. The van der Waals surface area contributed by atoms with Crippen molar-refractivity contribution in [3.63, 3.8) is 0 Å². The van der Waals surface area contributed by atoms with Crippen molar-refractivity contribution in [3.05, 3.63) is 34.6 Å². The Bertz CT molecular complexity index is 911. The summed E-state index contributed by atoms with van der Waals surface area (Å²) in [4.78, 5) is 16.3. The lowest BCUT2D eigenvalue weighted by Gasteiger charge is -2.18. The number of carbonyl (C=O) groups is 1. The minimum atomic E-state index is -0.504. The highest BCUT2D eigenvalue weighted by atomic mass is 79.9. The van der Waals surface area contributed by atoms with E-state index in [1.54, 1.807) is 10.9 Å². The van der Waals surface area contributed by atoms with Crippen LogP contribution in [0, 0.1) is 6.92 Å². The molecule has 0 spiro atoms. The van der Waals surface area contributed by atoms with Gasteiger partial charge in [-0.05, 0) is 61.3 Å². The highest BCUT2D eigenvalue weighted by Gasteiger charge is 2.18. The molecule has 0 radical (unpaired) electrons. The van der Waals surface area contributed by atoms with E-state index in [-0.39, 0.29) is 5.54 Å². The van der Waals surface area contributed by atoms with Crippen molar-refractivity contribution < 1.29 is 9.53 Å². The van der Waals surface area contributed by atoms with Gasteiger partial charge < -0.3 is 10.1 Å². The van der Waals surface area contributed by atoms with Gasteiger partial charge in [0.25, 0.3) is 5.19 Å². The molecule has 0 atom stereocenters. The van der Waals surface area contributed by atoms with Gasteiger partial charge >= 0.3 is 6.09 Å². The predicted molar refractivity (Wildman–Crippen MR) is 98.1 cm³/mol. The summed E-state index contributed by atoms with van der Waals surface area (Å²) in [5.41, 5.74) is 2.40. The van der Waals surface area contributed by atoms with Crippen molar-refractivity contribution in [2.24, 2.45) is 0 Å². The average molecular weight is 409 g/mol. The third-order valence-electron chi connectivity index (χ3n) is 3.12. The molecule has 126 valence electrons. The topological polar surface area (TPSA) is 69.0 Å². The van der Waals surface area contributed by atoms with E-state index in [1.165, 1.54) is 11.3 Å². The molecule has 3 rings (SSSR count). The van der Waals surface area contributed by atoms with Crippen molar-refractivity contribution in [2.45, 2.75) is 33.2 Å². The number of rotatable bonds is 2. The summed E-state index contributed by atoms with van der Waals surface area (Å²) in [6, 6.07) is 3.98. The highest BCUT2D eigenvalue weighted by Crippen LogP contribution is 2.32. The highest BCUT2D eigenvalue weighted by molar-refractivity contribution is 9.10. The first-order chi connectivity index (χ1) is 11.2. The number of fused-ring (bicyclic) bond motifs is 1. The van der Waals surface area contributed by atoms with Gasteiger partial charge in [-0.15, -0.1) is 0 Å². The van der Waals surface area contributed by atoms with Crippen molar-refractivity contribution in [3.8, 4) is 10.9 Å². The molecule has 1 amide bonds. The van der Waals surface area contributed by atoms with Crippen LogP contribution >= 0.6 is 27.3 Å². The van der Waals surface area contributed by atoms with Gasteiger partial charge in [0.15, 0.2) is 0 Å². The lowest BCUT2D eigenvalue weighted by atomic mass is 10.1. The van der Waals surface area contributed by atoms with E-state index >= 15 is 0 Å². The smallest absolute Gasteiger partial charge is 0.381 e. The normalized spacial score (nSPS) is 11.7. The van der Waals surface area contributed by atoms with E-state index in [0.29, 0.717) is 5.19 Å². The molecule has 0 saturated heterocycles. The Morgan fingerprint density at radius 2 is 2.12 bits per heavy atom. The van der Waals surface area contributed by atoms with Crippen molar-refractivity contribution in [1.82, 2.24) is 20.1 Å². The van der Waals surface area contributed by atoms with E-state index in [4.69, 9.17) is 4.74 Å².